The molecule has 0 fully saturated rings. The normalized spacial score (nSPS) is 11.0. The Morgan fingerprint density at radius 1 is 1.31 bits per heavy atom. The second kappa shape index (κ2) is 3.40. The lowest BCUT2D eigenvalue weighted by Crippen LogP contribution is -2.10. The van der Waals surface area contributed by atoms with E-state index in [1.54, 1.807) is 12.1 Å². The van der Waals surface area contributed by atoms with Gasteiger partial charge >= 0.3 is 0 Å². The zero-order valence-corrected chi connectivity index (χ0v) is 8.81. The fourth-order valence-corrected chi connectivity index (χ4v) is 1.38. The van der Waals surface area contributed by atoms with Crippen molar-refractivity contribution in [1.29, 1.82) is 0 Å². The lowest BCUT2D eigenvalue weighted by Gasteiger charge is -2.20. The monoisotopic (exact) mass is 193 g/mol. The molecule has 1 aromatic carbocycles. The van der Waals surface area contributed by atoms with E-state index in [1.165, 1.54) is 0 Å². The molecule has 1 aromatic rings. The first-order valence-corrected chi connectivity index (χ1v) is 4.50. The summed E-state index contributed by atoms with van der Waals surface area (Å²) in [7, 11) is 0. The molecular weight excluding hydrogens is 182 g/mol. The average molecular weight is 194 g/mol. The summed E-state index contributed by atoms with van der Waals surface area (Å²) in [5.41, 5.74) is 1.68. The van der Waals surface area contributed by atoms with Gasteiger partial charge < -0.3 is 0 Å². The maximum Gasteiger partial charge on any atom is 0.191 e. The number of nitrogens with zero attached hydrogens (tertiary/aromatic N) is 1. The first kappa shape index (κ1) is 10.1. The molecule has 1 rings (SSSR count). The van der Waals surface area contributed by atoms with E-state index in [4.69, 9.17) is 18.2 Å². The predicted octanol–water partition coefficient (Wildman–Crippen LogP) is 4.19. The Morgan fingerprint density at radius 2 is 1.92 bits per heavy atom. The molecule has 0 radical (unpaired) electrons. The molecule has 0 aromatic heterocycles. The van der Waals surface area contributed by atoms with Crippen LogP contribution in [0.3, 0.4) is 0 Å². The van der Waals surface area contributed by atoms with E-state index >= 15 is 0 Å². The average Bonchev–Trinajstić information content (AvgIpc) is 2.03. The fourth-order valence-electron chi connectivity index (χ4n) is 1.21. The molecule has 2 heteroatoms. The SMILES string of the molecule is [C-]#[N+]c1ccc(Cl)cc1C(C)(C)C. The zero-order valence-electron chi connectivity index (χ0n) is 8.06. The summed E-state index contributed by atoms with van der Waals surface area (Å²) in [4.78, 5) is 3.47. The molecule has 0 spiro atoms. The molecule has 0 amide bonds. The van der Waals surface area contributed by atoms with Gasteiger partial charge in [0.15, 0.2) is 5.69 Å². The van der Waals surface area contributed by atoms with Crippen LogP contribution in [-0.2, 0) is 5.41 Å². The van der Waals surface area contributed by atoms with Crippen molar-refractivity contribution >= 4 is 17.3 Å². The molecule has 0 unspecified atom stereocenters. The largest absolute Gasteiger partial charge is 0.238 e. The Kier molecular flexibility index (Phi) is 2.63. The topological polar surface area (TPSA) is 4.36 Å². The van der Waals surface area contributed by atoms with Crippen LogP contribution in [0.1, 0.15) is 26.3 Å². The van der Waals surface area contributed by atoms with E-state index in [0.29, 0.717) is 10.7 Å². The highest BCUT2D eigenvalue weighted by Crippen LogP contribution is 2.33. The predicted molar refractivity (Wildman–Crippen MR) is 56.4 cm³/mol. The molecule has 0 aliphatic heterocycles. The van der Waals surface area contributed by atoms with Gasteiger partial charge in [0.2, 0.25) is 0 Å². The molecule has 0 saturated carbocycles. The summed E-state index contributed by atoms with van der Waals surface area (Å²) in [6.45, 7) is 13.2. The van der Waals surface area contributed by atoms with Crippen LogP contribution in [0.25, 0.3) is 4.85 Å². The van der Waals surface area contributed by atoms with Crippen LogP contribution in [0.15, 0.2) is 18.2 Å². The fraction of sp³-hybridized carbons (Fsp3) is 0.364. The summed E-state index contributed by atoms with van der Waals surface area (Å²) < 4.78 is 0. The van der Waals surface area contributed by atoms with Crippen molar-refractivity contribution in [1.82, 2.24) is 0 Å². The number of hydrogen-bond acceptors (Lipinski definition) is 0. The van der Waals surface area contributed by atoms with Crippen molar-refractivity contribution in [2.24, 2.45) is 0 Å². The number of rotatable bonds is 0. The van der Waals surface area contributed by atoms with Crippen LogP contribution in [0, 0.1) is 6.57 Å². The molecule has 0 bridgehead atoms. The molecule has 0 aliphatic rings. The minimum atomic E-state index is -0.0230. The van der Waals surface area contributed by atoms with Gasteiger partial charge in [0.1, 0.15) is 0 Å². The first-order valence-electron chi connectivity index (χ1n) is 4.12. The van der Waals surface area contributed by atoms with Gasteiger partial charge in [0.05, 0.1) is 6.57 Å². The summed E-state index contributed by atoms with van der Waals surface area (Å²) in [6.07, 6.45) is 0. The maximum atomic E-state index is 7.02. The Bertz CT molecular complexity index is 355. The van der Waals surface area contributed by atoms with Gasteiger partial charge in [-0.05, 0) is 11.0 Å². The summed E-state index contributed by atoms with van der Waals surface area (Å²) >= 11 is 5.88. The smallest absolute Gasteiger partial charge is 0.191 e. The highest BCUT2D eigenvalue weighted by atomic mass is 35.5. The van der Waals surface area contributed by atoms with Crippen molar-refractivity contribution < 1.29 is 0 Å². The highest BCUT2D eigenvalue weighted by Gasteiger charge is 2.17. The van der Waals surface area contributed by atoms with Crippen LogP contribution in [-0.4, -0.2) is 0 Å². The van der Waals surface area contributed by atoms with Gasteiger partial charge in [-0.2, -0.15) is 0 Å². The van der Waals surface area contributed by atoms with Gasteiger partial charge in [-0.15, -0.1) is 0 Å². The number of hydrogen-bond donors (Lipinski definition) is 0. The van der Waals surface area contributed by atoms with E-state index < -0.39 is 0 Å². The van der Waals surface area contributed by atoms with E-state index in [9.17, 15) is 0 Å². The minimum absolute atomic E-state index is 0.0230. The van der Waals surface area contributed by atoms with Crippen LogP contribution in [0.4, 0.5) is 5.69 Å². The number of halogens is 1. The second-order valence-electron chi connectivity index (χ2n) is 4.02. The standard InChI is InChI=1S/C11H12ClN/c1-11(2,3)9-7-8(12)5-6-10(9)13-4/h5-7H,1-3H3. The summed E-state index contributed by atoms with van der Waals surface area (Å²) in [5.74, 6) is 0. The molecule has 0 heterocycles. The quantitative estimate of drug-likeness (QED) is 0.545. The Labute approximate surface area is 84.2 Å². The van der Waals surface area contributed by atoms with E-state index in [0.717, 1.165) is 5.56 Å². The molecule has 68 valence electrons. The van der Waals surface area contributed by atoms with Crippen molar-refractivity contribution in [3.8, 4) is 0 Å². The third-order valence-corrected chi connectivity index (χ3v) is 2.12. The summed E-state index contributed by atoms with van der Waals surface area (Å²) in [5, 5.41) is 0.692. The van der Waals surface area contributed by atoms with Crippen molar-refractivity contribution in [3.05, 3.63) is 40.2 Å². The van der Waals surface area contributed by atoms with Crippen molar-refractivity contribution in [2.75, 3.05) is 0 Å². The van der Waals surface area contributed by atoms with E-state index in [2.05, 4.69) is 25.6 Å². The van der Waals surface area contributed by atoms with Gasteiger partial charge in [-0.25, -0.2) is 4.85 Å². The van der Waals surface area contributed by atoms with Gasteiger partial charge in [0.25, 0.3) is 0 Å². The maximum absolute atomic E-state index is 7.02. The molecule has 0 saturated heterocycles. The van der Waals surface area contributed by atoms with Gasteiger partial charge in [-0.3, -0.25) is 0 Å². The van der Waals surface area contributed by atoms with Crippen LogP contribution < -0.4 is 0 Å². The van der Waals surface area contributed by atoms with E-state index in [1.807, 2.05) is 6.07 Å². The highest BCUT2D eigenvalue weighted by molar-refractivity contribution is 6.30. The van der Waals surface area contributed by atoms with Crippen LogP contribution in [0.5, 0.6) is 0 Å². The summed E-state index contributed by atoms with van der Waals surface area (Å²) in [6, 6.07) is 5.40. The molecular formula is C11H12ClN. The van der Waals surface area contributed by atoms with Crippen LogP contribution >= 0.6 is 11.6 Å². The molecule has 0 aliphatic carbocycles. The van der Waals surface area contributed by atoms with Crippen LogP contribution in [0.2, 0.25) is 5.02 Å². The molecule has 1 nitrogen and oxygen atoms in total. The Hall–Kier alpha value is -1.00. The Balaban J connectivity index is 3.35. The third-order valence-electron chi connectivity index (χ3n) is 1.89. The second-order valence-corrected chi connectivity index (χ2v) is 4.46. The van der Waals surface area contributed by atoms with Gasteiger partial charge in [0, 0.05) is 5.02 Å². The zero-order chi connectivity index (χ0) is 10.1. The van der Waals surface area contributed by atoms with Gasteiger partial charge in [-0.1, -0.05) is 50.6 Å². The number of benzene rings is 1. The lowest BCUT2D eigenvalue weighted by molar-refractivity contribution is 0.593. The molecule has 0 N–H and O–H groups in total. The van der Waals surface area contributed by atoms with Crippen molar-refractivity contribution in [3.63, 3.8) is 0 Å². The molecule has 13 heavy (non-hydrogen) atoms. The third kappa shape index (κ3) is 2.23. The minimum Gasteiger partial charge on any atom is -0.238 e. The lowest BCUT2D eigenvalue weighted by atomic mass is 9.86. The first-order chi connectivity index (χ1) is 5.95. The molecule has 0 atom stereocenters. The van der Waals surface area contributed by atoms with E-state index in [-0.39, 0.29) is 5.41 Å². The van der Waals surface area contributed by atoms with Crippen molar-refractivity contribution in [2.45, 2.75) is 26.2 Å². The Morgan fingerprint density at radius 3 is 2.38 bits per heavy atom.